The monoisotopic (exact) mass is 321 g/mol. The summed E-state index contributed by atoms with van der Waals surface area (Å²) >= 11 is 0. The molecule has 0 unspecified atom stereocenters. The Morgan fingerprint density at radius 3 is 2.13 bits per heavy atom. The second-order valence-electron chi connectivity index (χ2n) is 5.02. The maximum absolute atomic E-state index is 11.8. The maximum atomic E-state index is 11.8. The van der Waals surface area contributed by atoms with Crippen molar-refractivity contribution in [3.63, 3.8) is 0 Å². The number of carbonyl (C=O) groups is 4. The fourth-order valence-corrected chi connectivity index (χ4v) is 1.86. The summed E-state index contributed by atoms with van der Waals surface area (Å²) in [7, 11) is 0. The standard InChI is InChI=1S/C15H19N3O5/c1-8-4-9(2)12(5-11(8)15(22)23)18-14(21)7-17-13(20)6-16-10(3)19/h4-5H,6-7H2,1-3H3,(H,16,19)(H,17,20)(H,18,21)(H,22,23). The number of aryl methyl sites for hydroxylation is 2. The highest BCUT2D eigenvalue weighted by Crippen LogP contribution is 2.20. The van der Waals surface area contributed by atoms with Gasteiger partial charge in [0, 0.05) is 12.6 Å². The Labute approximate surface area is 133 Å². The number of anilines is 1. The molecule has 0 aliphatic carbocycles. The number of benzene rings is 1. The second kappa shape index (κ2) is 7.92. The zero-order valence-corrected chi connectivity index (χ0v) is 13.1. The van der Waals surface area contributed by atoms with E-state index in [1.165, 1.54) is 13.0 Å². The van der Waals surface area contributed by atoms with Crippen LogP contribution in [0.5, 0.6) is 0 Å². The van der Waals surface area contributed by atoms with E-state index in [1.54, 1.807) is 19.9 Å². The molecule has 0 aliphatic heterocycles. The van der Waals surface area contributed by atoms with E-state index in [1.807, 2.05) is 0 Å². The molecule has 23 heavy (non-hydrogen) atoms. The van der Waals surface area contributed by atoms with Crippen LogP contribution in [-0.2, 0) is 14.4 Å². The molecule has 1 aromatic carbocycles. The van der Waals surface area contributed by atoms with Gasteiger partial charge in [0.1, 0.15) is 0 Å². The lowest BCUT2D eigenvalue weighted by Crippen LogP contribution is -2.39. The zero-order chi connectivity index (χ0) is 17.6. The summed E-state index contributed by atoms with van der Waals surface area (Å²) in [5.41, 5.74) is 1.77. The molecule has 0 heterocycles. The molecule has 0 fully saturated rings. The van der Waals surface area contributed by atoms with E-state index in [0.29, 0.717) is 16.8 Å². The Kier molecular flexibility index (Phi) is 6.25. The lowest BCUT2D eigenvalue weighted by molar-refractivity contribution is -0.126. The van der Waals surface area contributed by atoms with Crippen LogP contribution < -0.4 is 16.0 Å². The fraction of sp³-hybridized carbons (Fsp3) is 0.333. The minimum Gasteiger partial charge on any atom is -0.478 e. The van der Waals surface area contributed by atoms with E-state index < -0.39 is 17.8 Å². The summed E-state index contributed by atoms with van der Waals surface area (Å²) in [6.45, 7) is 4.19. The number of hydrogen-bond donors (Lipinski definition) is 4. The summed E-state index contributed by atoms with van der Waals surface area (Å²) in [6.07, 6.45) is 0. The molecule has 0 aliphatic rings. The van der Waals surface area contributed by atoms with E-state index in [4.69, 9.17) is 5.11 Å². The predicted molar refractivity (Wildman–Crippen MR) is 83.2 cm³/mol. The summed E-state index contributed by atoms with van der Waals surface area (Å²) in [5.74, 6) is -2.42. The van der Waals surface area contributed by atoms with Crippen molar-refractivity contribution in [1.82, 2.24) is 10.6 Å². The summed E-state index contributed by atoms with van der Waals surface area (Å²) in [4.78, 5) is 45.0. The van der Waals surface area contributed by atoms with Gasteiger partial charge in [0.2, 0.25) is 17.7 Å². The van der Waals surface area contributed by atoms with Gasteiger partial charge in [-0.25, -0.2) is 4.79 Å². The molecule has 8 heteroatoms. The second-order valence-corrected chi connectivity index (χ2v) is 5.02. The molecule has 0 aromatic heterocycles. The first-order chi connectivity index (χ1) is 10.7. The number of aromatic carboxylic acids is 1. The highest BCUT2D eigenvalue weighted by atomic mass is 16.4. The highest BCUT2D eigenvalue weighted by molar-refractivity contribution is 5.97. The molecule has 0 spiro atoms. The molecule has 3 amide bonds. The van der Waals surface area contributed by atoms with Crippen molar-refractivity contribution in [1.29, 1.82) is 0 Å². The fourth-order valence-electron chi connectivity index (χ4n) is 1.86. The molecule has 0 atom stereocenters. The highest BCUT2D eigenvalue weighted by Gasteiger charge is 2.13. The zero-order valence-electron chi connectivity index (χ0n) is 13.1. The van der Waals surface area contributed by atoms with Gasteiger partial charge in [-0.05, 0) is 31.0 Å². The van der Waals surface area contributed by atoms with Crippen molar-refractivity contribution < 1.29 is 24.3 Å². The Morgan fingerprint density at radius 1 is 0.957 bits per heavy atom. The lowest BCUT2D eigenvalue weighted by atomic mass is 10.0. The Hall–Kier alpha value is -2.90. The molecule has 1 aromatic rings. The van der Waals surface area contributed by atoms with Crippen LogP contribution in [0.1, 0.15) is 28.4 Å². The van der Waals surface area contributed by atoms with Crippen LogP contribution >= 0.6 is 0 Å². The van der Waals surface area contributed by atoms with Crippen molar-refractivity contribution in [3.05, 3.63) is 28.8 Å². The summed E-state index contributed by atoms with van der Waals surface area (Å²) in [6, 6.07) is 3.04. The quantitative estimate of drug-likeness (QED) is 0.595. The van der Waals surface area contributed by atoms with Crippen LogP contribution in [0.15, 0.2) is 12.1 Å². The Morgan fingerprint density at radius 2 is 1.57 bits per heavy atom. The molecular formula is C15H19N3O5. The van der Waals surface area contributed by atoms with Crippen molar-refractivity contribution in [2.45, 2.75) is 20.8 Å². The Bertz CT molecular complexity index is 655. The van der Waals surface area contributed by atoms with E-state index in [0.717, 1.165) is 0 Å². The molecule has 8 nitrogen and oxygen atoms in total. The third kappa shape index (κ3) is 5.77. The van der Waals surface area contributed by atoms with Crippen molar-refractivity contribution in [3.8, 4) is 0 Å². The number of rotatable bonds is 6. The van der Waals surface area contributed by atoms with Gasteiger partial charge < -0.3 is 21.1 Å². The SMILES string of the molecule is CC(=O)NCC(=O)NCC(=O)Nc1cc(C(=O)O)c(C)cc1C. The number of carboxylic acids is 1. The minimum absolute atomic E-state index is 0.0978. The molecule has 4 N–H and O–H groups in total. The Balaban J connectivity index is 2.64. The third-order valence-electron chi connectivity index (χ3n) is 3.02. The number of carbonyl (C=O) groups excluding carboxylic acids is 3. The number of nitrogens with one attached hydrogen (secondary N) is 3. The topological polar surface area (TPSA) is 125 Å². The van der Waals surface area contributed by atoms with Gasteiger partial charge in [-0.3, -0.25) is 14.4 Å². The normalized spacial score (nSPS) is 9.87. The summed E-state index contributed by atoms with van der Waals surface area (Å²) < 4.78 is 0. The molecule has 0 radical (unpaired) electrons. The van der Waals surface area contributed by atoms with Gasteiger partial charge in [0.05, 0.1) is 18.7 Å². The van der Waals surface area contributed by atoms with Crippen LogP contribution in [0.25, 0.3) is 0 Å². The van der Waals surface area contributed by atoms with Crippen LogP contribution in [0, 0.1) is 13.8 Å². The van der Waals surface area contributed by atoms with Crippen LogP contribution in [0.4, 0.5) is 5.69 Å². The van der Waals surface area contributed by atoms with Crippen molar-refractivity contribution >= 4 is 29.4 Å². The first-order valence-corrected chi connectivity index (χ1v) is 6.86. The molecule has 0 bridgehead atoms. The predicted octanol–water partition coefficient (Wildman–Crippen LogP) is 0.192. The van der Waals surface area contributed by atoms with Gasteiger partial charge in [-0.1, -0.05) is 6.07 Å². The van der Waals surface area contributed by atoms with Gasteiger partial charge in [-0.15, -0.1) is 0 Å². The minimum atomic E-state index is -1.08. The maximum Gasteiger partial charge on any atom is 0.336 e. The van der Waals surface area contributed by atoms with E-state index in [9.17, 15) is 19.2 Å². The van der Waals surface area contributed by atoms with Crippen LogP contribution in [0.3, 0.4) is 0 Å². The van der Waals surface area contributed by atoms with Crippen LogP contribution in [-0.4, -0.2) is 41.9 Å². The first kappa shape index (κ1) is 18.1. The van der Waals surface area contributed by atoms with Crippen molar-refractivity contribution in [2.75, 3.05) is 18.4 Å². The largest absolute Gasteiger partial charge is 0.478 e. The third-order valence-corrected chi connectivity index (χ3v) is 3.02. The summed E-state index contributed by atoms with van der Waals surface area (Å²) in [5, 5.41) is 16.3. The van der Waals surface area contributed by atoms with Gasteiger partial charge in [0.25, 0.3) is 0 Å². The van der Waals surface area contributed by atoms with E-state index in [-0.39, 0.29) is 24.6 Å². The number of hydrogen-bond acceptors (Lipinski definition) is 4. The average Bonchev–Trinajstić information content (AvgIpc) is 2.45. The number of amides is 3. The number of carboxylic acid groups (broad SMARTS) is 1. The van der Waals surface area contributed by atoms with Crippen LogP contribution in [0.2, 0.25) is 0 Å². The first-order valence-electron chi connectivity index (χ1n) is 6.86. The molecule has 124 valence electrons. The van der Waals surface area contributed by atoms with Gasteiger partial charge >= 0.3 is 5.97 Å². The van der Waals surface area contributed by atoms with E-state index in [2.05, 4.69) is 16.0 Å². The van der Waals surface area contributed by atoms with Gasteiger partial charge in [-0.2, -0.15) is 0 Å². The molecule has 1 rings (SSSR count). The van der Waals surface area contributed by atoms with Gasteiger partial charge in [0.15, 0.2) is 0 Å². The lowest BCUT2D eigenvalue weighted by Gasteiger charge is -2.12. The molecule has 0 saturated carbocycles. The van der Waals surface area contributed by atoms with Crippen molar-refractivity contribution in [2.24, 2.45) is 0 Å². The molecule has 0 saturated heterocycles. The average molecular weight is 321 g/mol. The van der Waals surface area contributed by atoms with E-state index >= 15 is 0 Å². The molecular weight excluding hydrogens is 302 g/mol. The smallest absolute Gasteiger partial charge is 0.336 e.